The van der Waals surface area contributed by atoms with Crippen molar-refractivity contribution in [2.45, 2.75) is 32.7 Å². The molecular formula is C33H26F3NO4. The summed E-state index contributed by atoms with van der Waals surface area (Å²) in [6.45, 7) is 3.94. The van der Waals surface area contributed by atoms with Crippen LogP contribution in [0.5, 0.6) is 5.75 Å². The molecule has 1 aliphatic heterocycles. The minimum Gasteiger partial charge on any atom is -0.507 e. The Morgan fingerprint density at radius 1 is 0.878 bits per heavy atom. The molecule has 1 fully saturated rings. The van der Waals surface area contributed by atoms with Crippen molar-refractivity contribution in [3.05, 3.63) is 136 Å². The number of ether oxygens (including phenoxy) is 1. The van der Waals surface area contributed by atoms with Crippen LogP contribution in [0.2, 0.25) is 0 Å². The Kier molecular flexibility index (Phi) is 7.41. The van der Waals surface area contributed by atoms with Gasteiger partial charge in [0.2, 0.25) is 0 Å². The molecule has 0 saturated carbocycles. The topological polar surface area (TPSA) is 66.8 Å². The molecule has 0 aliphatic carbocycles. The van der Waals surface area contributed by atoms with Crippen LogP contribution in [-0.4, -0.2) is 16.8 Å². The van der Waals surface area contributed by atoms with E-state index in [0.717, 1.165) is 28.2 Å². The van der Waals surface area contributed by atoms with Gasteiger partial charge in [0.1, 0.15) is 18.1 Å². The lowest BCUT2D eigenvalue weighted by atomic mass is 9.93. The zero-order valence-electron chi connectivity index (χ0n) is 22.3. The Hall–Kier alpha value is -4.85. The lowest BCUT2D eigenvalue weighted by Crippen LogP contribution is -2.29. The number of ketones is 1. The number of rotatable bonds is 6. The average Bonchev–Trinajstić information content (AvgIpc) is 3.22. The summed E-state index contributed by atoms with van der Waals surface area (Å²) in [5.74, 6) is -1.88. The van der Waals surface area contributed by atoms with Gasteiger partial charge in [-0.25, -0.2) is 0 Å². The summed E-state index contributed by atoms with van der Waals surface area (Å²) in [6, 6.07) is 24.5. The molecule has 208 valence electrons. The third-order valence-electron chi connectivity index (χ3n) is 6.94. The average molecular weight is 558 g/mol. The molecule has 0 aromatic heterocycles. The minimum absolute atomic E-state index is 0.103. The number of halogens is 3. The van der Waals surface area contributed by atoms with Crippen LogP contribution in [0.25, 0.3) is 5.76 Å². The van der Waals surface area contributed by atoms with Crippen LogP contribution in [0.1, 0.15) is 39.4 Å². The number of hydrogen-bond acceptors (Lipinski definition) is 4. The van der Waals surface area contributed by atoms with Gasteiger partial charge in [-0.05, 0) is 66.9 Å². The molecule has 1 heterocycles. The first kappa shape index (κ1) is 27.7. The van der Waals surface area contributed by atoms with Crippen LogP contribution in [-0.2, 0) is 22.4 Å². The third kappa shape index (κ3) is 5.59. The lowest BCUT2D eigenvalue weighted by Gasteiger charge is -2.26. The summed E-state index contributed by atoms with van der Waals surface area (Å²) in [6.07, 6.45) is -4.65. The number of alkyl halides is 3. The summed E-state index contributed by atoms with van der Waals surface area (Å²) >= 11 is 0. The summed E-state index contributed by atoms with van der Waals surface area (Å²) in [7, 11) is 0. The highest BCUT2D eigenvalue weighted by Gasteiger charge is 2.47. The van der Waals surface area contributed by atoms with Crippen LogP contribution in [0, 0.1) is 13.8 Å². The maximum atomic E-state index is 13.5. The van der Waals surface area contributed by atoms with Crippen molar-refractivity contribution >= 4 is 23.1 Å². The van der Waals surface area contributed by atoms with Crippen molar-refractivity contribution in [2.75, 3.05) is 4.90 Å². The quantitative estimate of drug-likeness (QED) is 0.151. The molecule has 0 radical (unpaired) electrons. The van der Waals surface area contributed by atoms with E-state index in [9.17, 15) is 27.9 Å². The number of amides is 1. The Morgan fingerprint density at radius 2 is 1.61 bits per heavy atom. The van der Waals surface area contributed by atoms with Crippen molar-refractivity contribution in [3.63, 3.8) is 0 Å². The summed E-state index contributed by atoms with van der Waals surface area (Å²) in [4.78, 5) is 27.8. The molecule has 1 aliphatic rings. The zero-order chi connectivity index (χ0) is 29.3. The Morgan fingerprint density at radius 3 is 2.29 bits per heavy atom. The normalized spacial score (nSPS) is 16.7. The van der Waals surface area contributed by atoms with Crippen molar-refractivity contribution in [1.82, 2.24) is 0 Å². The SMILES string of the molecule is Cc1cccc(C2/C(=C(\O)c3ccc(OCc4ccccc4)c(C)c3)C(=O)C(=O)N2c2cccc(C(F)(F)F)c2)c1. The maximum Gasteiger partial charge on any atom is 0.416 e. The van der Waals surface area contributed by atoms with Crippen molar-refractivity contribution in [1.29, 1.82) is 0 Å². The van der Waals surface area contributed by atoms with E-state index in [2.05, 4.69) is 0 Å². The van der Waals surface area contributed by atoms with Gasteiger partial charge in [-0.1, -0.05) is 66.2 Å². The number of anilines is 1. The molecule has 4 aromatic rings. The molecule has 1 saturated heterocycles. The van der Waals surface area contributed by atoms with Gasteiger partial charge in [-0.3, -0.25) is 14.5 Å². The largest absolute Gasteiger partial charge is 0.507 e. The van der Waals surface area contributed by atoms with Gasteiger partial charge < -0.3 is 9.84 Å². The molecule has 8 heteroatoms. The van der Waals surface area contributed by atoms with Gasteiger partial charge >= 0.3 is 6.18 Å². The van der Waals surface area contributed by atoms with Gasteiger partial charge in [0.05, 0.1) is 17.2 Å². The molecule has 4 aromatic carbocycles. The fourth-order valence-electron chi connectivity index (χ4n) is 4.94. The Bertz CT molecular complexity index is 1660. The highest BCUT2D eigenvalue weighted by atomic mass is 19.4. The molecule has 1 unspecified atom stereocenters. The molecular weight excluding hydrogens is 531 g/mol. The van der Waals surface area contributed by atoms with E-state index in [1.54, 1.807) is 43.3 Å². The summed E-state index contributed by atoms with van der Waals surface area (Å²) in [5.41, 5.74) is 1.95. The number of aryl methyl sites for hydroxylation is 2. The number of carbonyl (C=O) groups is 2. The van der Waals surface area contributed by atoms with Crippen LogP contribution in [0.3, 0.4) is 0 Å². The van der Waals surface area contributed by atoms with Gasteiger partial charge in [0, 0.05) is 11.3 Å². The first-order valence-electron chi connectivity index (χ1n) is 12.9. The van der Waals surface area contributed by atoms with Crippen LogP contribution < -0.4 is 9.64 Å². The highest BCUT2D eigenvalue weighted by molar-refractivity contribution is 6.51. The second kappa shape index (κ2) is 11.0. The highest BCUT2D eigenvalue weighted by Crippen LogP contribution is 2.43. The van der Waals surface area contributed by atoms with Gasteiger partial charge in [0.15, 0.2) is 0 Å². The van der Waals surface area contributed by atoms with Gasteiger partial charge in [0.25, 0.3) is 11.7 Å². The first-order valence-corrected chi connectivity index (χ1v) is 12.9. The van der Waals surface area contributed by atoms with Crippen LogP contribution in [0.15, 0.2) is 103 Å². The Labute approximate surface area is 235 Å². The van der Waals surface area contributed by atoms with E-state index in [4.69, 9.17) is 4.74 Å². The number of carbonyl (C=O) groups excluding carboxylic acids is 2. The molecule has 41 heavy (non-hydrogen) atoms. The summed E-state index contributed by atoms with van der Waals surface area (Å²) in [5, 5.41) is 11.4. The van der Waals surface area contributed by atoms with Crippen molar-refractivity contribution < 1.29 is 32.6 Å². The molecule has 1 atom stereocenters. The fourth-order valence-corrected chi connectivity index (χ4v) is 4.94. The monoisotopic (exact) mass is 557 g/mol. The predicted octanol–water partition coefficient (Wildman–Crippen LogP) is 7.53. The predicted molar refractivity (Wildman–Crippen MR) is 149 cm³/mol. The zero-order valence-corrected chi connectivity index (χ0v) is 22.3. The summed E-state index contributed by atoms with van der Waals surface area (Å²) < 4.78 is 46.5. The second-order valence-electron chi connectivity index (χ2n) is 9.89. The van der Waals surface area contributed by atoms with E-state index in [1.165, 1.54) is 12.1 Å². The number of aliphatic hydroxyl groups is 1. The van der Waals surface area contributed by atoms with E-state index >= 15 is 0 Å². The number of Topliss-reactive ketones (excluding diaryl/α,β-unsaturated/α-hetero) is 1. The molecule has 0 spiro atoms. The maximum absolute atomic E-state index is 13.5. The molecule has 1 N–H and O–H groups in total. The Balaban J connectivity index is 1.58. The van der Waals surface area contributed by atoms with Crippen LogP contribution in [0.4, 0.5) is 18.9 Å². The van der Waals surface area contributed by atoms with E-state index in [-0.39, 0.29) is 16.8 Å². The number of benzene rings is 4. The molecule has 1 amide bonds. The van der Waals surface area contributed by atoms with Gasteiger partial charge in [-0.2, -0.15) is 13.2 Å². The van der Waals surface area contributed by atoms with Gasteiger partial charge in [-0.15, -0.1) is 0 Å². The number of hydrogen-bond donors (Lipinski definition) is 1. The van der Waals surface area contributed by atoms with Crippen molar-refractivity contribution in [3.8, 4) is 5.75 Å². The second-order valence-corrected chi connectivity index (χ2v) is 9.89. The lowest BCUT2D eigenvalue weighted by molar-refractivity contribution is -0.137. The van der Waals surface area contributed by atoms with E-state index in [1.807, 2.05) is 43.3 Å². The van der Waals surface area contributed by atoms with Crippen LogP contribution >= 0.6 is 0 Å². The van der Waals surface area contributed by atoms with E-state index < -0.39 is 35.2 Å². The standard InChI is InChI=1S/C33H26F3NO4/c1-20-8-6-11-23(16-20)29-28(31(39)32(40)37(29)26-13-7-12-25(18-26)33(34,35)36)30(38)24-14-15-27(21(2)17-24)41-19-22-9-4-3-5-10-22/h3-18,29,38H,19H2,1-2H3/b30-28+. The van der Waals surface area contributed by atoms with E-state index in [0.29, 0.717) is 23.5 Å². The first-order chi connectivity index (χ1) is 19.5. The molecule has 0 bridgehead atoms. The van der Waals surface area contributed by atoms with Crippen molar-refractivity contribution in [2.24, 2.45) is 0 Å². The number of nitrogens with zero attached hydrogens (tertiary/aromatic N) is 1. The third-order valence-corrected chi connectivity index (χ3v) is 6.94. The fraction of sp³-hybridized carbons (Fsp3) is 0.152. The smallest absolute Gasteiger partial charge is 0.416 e. The number of aliphatic hydroxyl groups excluding tert-OH is 1. The molecule has 5 nitrogen and oxygen atoms in total. The minimum atomic E-state index is -4.65. The molecule has 5 rings (SSSR count).